The number of aliphatic hydroxyl groups is 1. The summed E-state index contributed by atoms with van der Waals surface area (Å²) in [4.78, 5) is 19.8. The van der Waals surface area contributed by atoms with Gasteiger partial charge in [0.05, 0.1) is 12.1 Å². The van der Waals surface area contributed by atoms with Gasteiger partial charge in [-0.3, -0.25) is 0 Å². The van der Waals surface area contributed by atoms with E-state index in [0.717, 1.165) is 35.2 Å². The van der Waals surface area contributed by atoms with Crippen LogP contribution in [-0.2, 0) is 6.61 Å². The van der Waals surface area contributed by atoms with Gasteiger partial charge in [0.25, 0.3) is 0 Å². The van der Waals surface area contributed by atoms with E-state index in [1.54, 1.807) is 4.90 Å². The predicted octanol–water partition coefficient (Wildman–Crippen LogP) is 1.32. The average Bonchev–Trinajstić information content (AvgIpc) is 2.79. The third kappa shape index (κ3) is 2.82. The highest BCUT2D eigenvalue weighted by Crippen LogP contribution is 2.24. The molecule has 1 aliphatic heterocycles. The number of primary amides is 1. The molecule has 0 unspecified atom stereocenters. The second kappa shape index (κ2) is 6.19. The summed E-state index contributed by atoms with van der Waals surface area (Å²) >= 11 is 0. The predicted molar refractivity (Wildman–Crippen MR) is 85.7 cm³/mol. The highest BCUT2D eigenvalue weighted by Gasteiger charge is 2.20. The van der Waals surface area contributed by atoms with Crippen LogP contribution in [0.5, 0.6) is 0 Å². The first kappa shape index (κ1) is 14.6. The zero-order valence-electron chi connectivity index (χ0n) is 12.4. The van der Waals surface area contributed by atoms with E-state index in [2.05, 4.69) is 4.90 Å². The van der Waals surface area contributed by atoms with Crippen molar-refractivity contribution in [3.05, 3.63) is 35.9 Å². The maximum atomic E-state index is 11.3. The van der Waals surface area contributed by atoms with Crippen LogP contribution in [0.4, 0.5) is 10.6 Å². The molecular weight excluding hydrogens is 280 g/mol. The lowest BCUT2D eigenvalue weighted by Crippen LogP contribution is -2.38. The Hall–Kier alpha value is -2.34. The minimum Gasteiger partial charge on any atom is -0.392 e. The lowest BCUT2D eigenvalue weighted by atomic mass is 10.1. The summed E-state index contributed by atoms with van der Waals surface area (Å²) in [7, 11) is 0. The number of rotatable bonds is 2. The van der Waals surface area contributed by atoms with E-state index in [1.807, 2.05) is 30.3 Å². The molecule has 1 aromatic carbocycles. The SMILES string of the molecule is NC(=O)N1CCCN(c2nc3ccccc3cc2CO)CC1. The lowest BCUT2D eigenvalue weighted by Gasteiger charge is -2.24. The van der Waals surface area contributed by atoms with E-state index < -0.39 is 0 Å². The maximum Gasteiger partial charge on any atom is 0.314 e. The minimum atomic E-state index is -0.379. The molecule has 0 aliphatic carbocycles. The van der Waals surface area contributed by atoms with Crippen molar-refractivity contribution in [1.29, 1.82) is 0 Å². The summed E-state index contributed by atoms with van der Waals surface area (Å²) in [5, 5.41) is 10.7. The maximum absolute atomic E-state index is 11.3. The molecule has 2 amide bonds. The van der Waals surface area contributed by atoms with Crippen molar-refractivity contribution >= 4 is 22.8 Å². The Morgan fingerprint density at radius 1 is 1.23 bits per heavy atom. The smallest absolute Gasteiger partial charge is 0.314 e. The monoisotopic (exact) mass is 300 g/mol. The Balaban J connectivity index is 1.93. The Kier molecular flexibility index (Phi) is 4.11. The number of aromatic nitrogens is 1. The van der Waals surface area contributed by atoms with Crippen molar-refractivity contribution in [3.63, 3.8) is 0 Å². The van der Waals surface area contributed by atoms with E-state index in [9.17, 15) is 9.90 Å². The number of pyridine rings is 1. The molecule has 0 bridgehead atoms. The molecule has 3 rings (SSSR count). The second-order valence-corrected chi connectivity index (χ2v) is 5.49. The first-order valence-electron chi connectivity index (χ1n) is 7.48. The summed E-state index contributed by atoms with van der Waals surface area (Å²) in [5.74, 6) is 0.799. The quantitative estimate of drug-likeness (QED) is 0.876. The number of para-hydroxylation sites is 1. The molecule has 1 saturated heterocycles. The van der Waals surface area contributed by atoms with Gasteiger partial charge in [0, 0.05) is 37.1 Å². The number of nitrogens with zero attached hydrogens (tertiary/aromatic N) is 3. The normalized spacial score (nSPS) is 15.9. The number of carbonyl (C=O) groups is 1. The van der Waals surface area contributed by atoms with E-state index in [0.29, 0.717) is 19.6 Å². The van der Waals surface area contributed by atoms with Crippen LogP contribution in [0.1, 0.15) is 12.0 Å². The highest BCUT2D eigenvalue weighted by atomic mass is 16.3. The van der Waals surface area contributed by atoms with Crippen LogP contribution in [0.25, 0.3) is 10.9 Å². The number of nitrogens with two attached hydrogens (primary N) is 1. The van der Waals surface area contributed by atoms with Gasteiger partial charge in [0.15, 0.2) is 0 Å². The van der Waals surface area contributed by atoms with E-state index in [-0.39, 0.29) is 12.6 Å². The van der Waals surface area contributed by atoms with Gasteiger partial charge in [-0.2, -0.15) is 0 Å². The van der Waals surface area contributed by atoms with Gasteiger partial charge < -0.3 is 20.6 Å². The molecule has 1 aliphatic rings. The summed E-state index contributed by atoms with van der Waals surface area (Å²) in [6.45, 7) is 2.65. The zero-order valence-corrected chi connectivity index (χ0v) is 12.4. The molecule has 1 fully saturated rings. The van der Waals surface area contributed by atoms with Crippen LogP contribution >= 0.6 is 0 Å². The number of hydrogen-bond acceptors (Lipinski definition) is 4. The van der Waals surface area contributed by atoms with Crippen LogP contribution in [0.3, 0.4) is 0 Å². The van der Waals surface area contributed by atoms with Crippen LogP contribution in [0, 0.1) is 0 Å². The molecule has 0 saturated carbocycles. The Bertz CT molecular complexity index is 689. The Morgan fingerprint density at radius 2 is 2.05 bits per heavy atom. The van der Waals surface area contributed by atoms with Gasteiger partial charge in [-0.1, -0.05) is 18.2 Å². The molecule has 22 heavy (non-hydrogen) atoms. The molecule has 116 valence electrons. The van der Waals surface area contributed by atoms with E-state index in [4.69, 9.17) is 10.7 Å². The first-order chi connectivity index (χ1) is 10.7. The Morgan fingerprint density at radius 3 is 2.82 bits per heavy atom. The molecule has 0 radical (unpaired) electrons. The largest absolute Gasteiger partial charge is 0.392 e. The first-order valence-corrected chi connectivity index (χ1v) is 7.48. The van der Waals surface area contributed by atoms with Crippen molar-refractivity contribution in [3.8, 4) is 0 Å². The summed E-state index contributed by atoms with van der Waals surface area (Å²) in [6, 6.07) is 9.47. The van der Waals surface area contributed by atoms with Gasteiger partial charge >= 0.3 is 6.03 Å². The third-order valence-electron chi connectivity index (χ3n) is 4.06. The molecule has 2 aromatic rings. The number of amides is 2. The van der Waals surface area contributed by atoms with Gasteiger partial charge in [-0.05, 0) is 18.6 Å². The van der Waals surface area contributed by atoms with Crippen LogP contribution in [-0.4, -0.2) is 47.2 Å². The molecule has 6 nitrogen and oxygen atoms in total. The molecule has 0 spiro atoms. The molecule has 6 heteroatoms. The number of benzene rings is 1. The average molecular weight is 300 g/mol. The molecule has 2 heterocycles. The number of anilines is 1. The van der Waals surface area contributed by atoms with Crippen molar-refractivity contribution in [2.45, 2.75) is 13.0 Å². The lowest BCUT2D eigenvalue weighted by molar-refractivity contribution is 0.211. The van der Waals surface area contributed by atoms with Crippen molar-refractivity contribution in [1.82, 2.24) is 9.88 Å². The zero-order chi connectivity index (χ0) is 15.5. The molecule has 1 aromatic heterocycles. The van der Waals surface area contributed by atoms with Gasteiger partial charge in [-0.15, -0.1) is 0 Å². The third-order valence-corrected chi connectivity index (χ3v) is 4.06. The fraction of sp³-hybridized carbons (Fsp3) is 0.375. The fourth-order valence-corrected chi connectivity index (χ4v) is 2.89. The standard InChI is InChI=1S/C16H20N4O2/c17-16(22)20-7-3-6-19(8-9-20)15-13(11-21)10-12-4-1-2-5-14(12)18-15/h1-2,4-5,10,21H,3,6-9,11H2,(H2,17,22). The minimum absolute atomic E-state index is 0.0524. The fourth-order valence-electron chi connectivity index (χ4n) is 2.89. The topological polar surface area (TPSA) is 82.7 Å². The van der Waals surface area contributed by atoms with Gasteiger partial charge in [0.1, 0.15) is 5.82 Å². The Labute approximate surface area is 129 Å². The van der Waals surface area contributed by atoms with Gasteiger partial charge in [-0.25, -0.2) is 9.78 Å². The number of hydrogen-bond donors (Lipinski definition) is 2. The summed E-state index contributed by atoms with van der Waals surface area (Å²) in [6.07, 6.45) is 0.836. The van der Waals surface area contributed by atoms with Gasteiger partial charge in [0.2, 0.25) is 0 Å². The summed E-state index contributed by atoms with van der Waals surface area (Å²) < 4.78 is 0. The molecule has 3 N–H and O–H groups in total. The molecule has 0 atom stereocenters. The van der Waals surface area contributed by atoms with E-state index >= 15 is 0 Å². The number of aliphatic hydroxyl groups excluding tert-OH is 1. The van der Waals surface area contributed by atoms with Crippen LogP contribution in [0.2, 0.25) is 0 Å². The van der Waals surface area contributed by atoms with E-state index in [1.165, 1.54) is 0 Å². The summed E-state index contributed by atoms with van der Waals surface area (Å²) in [5.41, 5.74) is 7.08. The second-order valence-electron chi connectivity index (χ2n) is 5.49. The molecular formula is C16H20N4O2. The number of fused-ring (bicyclic) bond motifs is 1. The highest BCUT2D eigenvalue weighted by molar-refractivity contribution is 5.81. The number of carbonyl (C=O) groups excluding carboxylic acids is 1. The van der Waals surface area contributed by atoms with Crippen LogP contribution < -0.4 is 10.6 Å². The van der Waals surface area contributed by atoms with Crippen molar-refractivity contribution in [2.24, 2.45) is 5.73 Å². The number of urea groups is 1. The van der Waals surface area contributed by atoms with Crippen molar-refractivity contribution in [2.75, 3.05) is 31.1 Å². The van der Waals surface area contributed by atoms with Crippen LogP contribution in [0.15, 0.2) is 30.3 Å². The van der Waals surface area contributed by atoms with Crippen molar-refractivity contribution < 1.29 is 9.90 Å².